The maximum Gasteiger partial charge on any atom is 0.271 e. The van der Waals surface area contributed by atoms with Gasteiger partial charge in [-0.05, 0) is 30.4 Å². The van der Waals surface area contributed by atoms with Crippen LogP contribution in [0.1, 0.15) is 28.8 Å². The first kappa shape index (κ1) is 18.5. The molecule has 0 atom stereocenters. The van der Waals surface area contributed by atoms with Gasteiger partial charge in [-0.1, -0.05) is 30.3 Å². The van der Waals surface area contributed by atoms with Gasteiger partial charge in [-0.2, -0.15) is 4.37 Å². The fraction of sp³-hybridized carbons (Fsp3) is 0.350. The standard InChI is InChI=1S/C20H23N5O2S/c26-19(17-6-9-21-13-17)22-12-15-7-10-25(11-8-15)18-20(24-28-23-18)27-14-16-4-2-1-3-5-16/h1-6,9,13,15,21H,7-8,10-12,14H2,(H,22,26). The van der Waals surface area contributed by atoms with E-state index in [2.05, 4.69) is 23.9 Å². The molecular formula is C20H23N5O2S. The lowest BCUT2D eigenvalue weighted by Gasteiger charge is -2.32. The van der Waals surface area contributed by atoms with Crippen LogP contribution in [0.4, 0.5) is 5.82 Å². The normalized spacial score (nSPS) is 14.8. The van der Waals surface area contributed by atoms with Crippen molar-refractivity contribution in [3.8, 4) is 5.88 Å². The Balaban J connectivity index is 1.26. The largest absolute Gasteiger partial charge is 0.470 e. The summed E-state index contributed by atoms with van der Waals surface area (Å²) >= 11 is 1.18. The van der Waals surface area contributed by atoms with E-state index in [1.165, 1.54) is 11.7 Å². The molecule has 1 aromatic carbocycles. The molecule has 3 heterocycles. The van der Waals surface area contributed by atoms with Gasteiger partial charge in [0.15, 0.2) is 0 Å². The molecule has 0 saturated carbocycles. The Morgan fingerprint density at radius 1 is 1.21 bits per heavy atom. The van der Waals surface area contributed by atoms with Gasteiger partial charge in [0.05, 0.1) is 17.3 Å². The molecule has 0 spiro atoms. The number of aromatic amines is 1. The predicted octanol–water partition coefficient (Wildman–Crippen LogP) is 3.09. The second-order valence-electron chi connectivity index (χ2n) is 6.91. The topological polar surface area (TPSA) is 83.1 Å². The first-order valence-corrected chi connectivity index (χ1v) is 10.2. The van der Waals surface area contributed by atoms with Crippen LogP contribution in [0.15, 0.2) is 48.8 Å². The number of hydrogen-bond donors (Lipinski definition) is 2. The van der Waals surface area contributed by atoms with Gasteiger partial charge in [0.25, 0.3) is 11.8 Å². The molecule has 1 aliphatic rings. The Morgan fingerprint density at radius 2 is 2.04 bits per heavy atom. The molecule has 0 unspecified atom stereocenters. The minimum Gasteiger partial charge on any atom is -0.470 e. The van der Waals surface area contributed by atoms with Crippen LogP contribution in [-0.4, -0.2) is 39.3 Å². The first-order chi connectivity index (χ1) is 13.8. The zero-order valence-corrected chi connectivity index (χ0v) is 16.3. The lowest BCUT2D eigenvalue weighted by molar-refractivity contribution is 0.0945. The van der Waals surface area contributed by atoms with E-state index in [-0.39, 0.29) is 5.91 Å². The molecule has 1 saturated heterocycles. The second kappa shape index (κ2) is 8.88. The number of nitrogens with zero attached hydrogens (tertiary/aromatic N) is 3. The summed E-state index contributed by atoms with van der Waals surface area (Å²) in [5, 5.41) is 3.03. The molecule has 1 fully saturated rings. The van der Waals surface area contributed by atoms with Gasteiger partial charge >= 0.3 is 0 Å². The minimum atomic E-state index is -0.0241. The number of carbonyl (C=O) groups excluding carboxylic acids is 1. The molecule has 0 bridgehead atoms. The fourth-order valence-electron chi connectivity index (χ4n) is 3.34. The van der Waals surface area contributed by atoms with Crippen molar-refractivity contribution in [2.75, 3.05) is 24.5 Å². The van der Waals surface area contributed by atoms with Crippen LogP contribution in [0, 0.1) is 5.92 Å². The molecule has 1 amide bonds. The van der Waals surface area contributed by atoms with Gasteiger partial charge in [0.1, 0.15) is 6.61 Å². The third kappa shape index (κ3) is 4.51. The molecule has 1 aliphatic heterocycles. The second-order valence-corrected chi connectivity index (χ2v) is 7.44. The van der Waals surface area contributed by atoms with E-state index in [0.717, 1.165) is 37.3 Å². The van der Waals surface area contributed by atoms with Crippen LogP contribution in [0.3, 0.4) is 0 Å². The number of carbonyl (C=O) groups is 1. The average molecular weight is 398 g/mol. The summed E-state index contributed by atoms with van der Waals surface area (Å²) < 4.78 is 14.7. The number of rotatable bonds is 7. The van der Waals surface area contributed by atoms with Crippen LogP contribution >= 0.6 is 11.7 Å². The monoisotopic (exact) mass is 397 g/mol. The highest BCUT2D eigenvalue weighted by atomic mass is 32.1. The molecule has 7 nitrogen and oxygen atoms in total. The van der Waals surface area contributed by atoms with Crippen molar-refractivity contribution in [1.82, 2.24) is 19.0 Å². The highest BCUT2D eigenvalue weighted by Crippen LogP contribution is 2.30. The molecule has 8 heteroatoms. The predicted molar refractivity (Wildman–Crippen MR) is 109 cm³/mol. The summed E-state index contributed by atoms with van der Waals surface area (Å²) in [4.78, 5) is 17.2. The third-order valence-corrected chi connectivity index (χ3v) is 5.49. The molecule has 28 heavy (non-hydrogen) atoms. The maximum atomic E-state index is 12.1. The van der Waals surface area contributed by atoms with Crippen molar-refractivity contribution in [3.63, 3.8) is 0 Å². The molecule has 146 valence electrons. The minimum absolute atomic E-state index is 0.0241. The number of H-pyrrole nitrogens is 1. The Hall–Kier alpha value is -2.87. The Labute approximate surface area is 168 Å². The van der Waals surface area contributed by atoms with Gasteiger partial charge in [0.2, 0.25) is 5.82 Å². The van der Waals surface area contributed by atoms with E-state index < -0.39 is 0 Å². The summed E-state index contributed by atoms with van der Waals surface area (Å²) in [6, 6.07) is 11.8. The number of nitrogens with one attached hydrogen (secondary N) is 2. The lowest BCUT2D eigenvalue weighted by Crippen LogP contribution is -2.39. The summed E-state index contributed by atoms with van der Waals surface area (Å²) in [5.74, 6) is 1.88. The molecule has 0 aliphatic carbocycles. The van der Waals surface area contributed by atoms with Crippen molar-refractivity contribution >= 4 is 23.5 Å². The van der Waals surface area contributed by atoms with Crippen molar-refractivity contribution in [1.29, 1.82) is 0 Å². The quantitative estimate of drug-likeness (QED) is 0.640. The summed E-state index contributed by atoms with van der Waals surface area (Å²) in [7, 11) is 0. The first-order valence-electron chi connectivity index (χ1n) is 9.45. The van der Waals surface area contributed by atoms with E-state index >= 15 is 0 Å². The van der Waals surface area contributed by atoms with Gasteiger partial charge in [-0.3, -0.25) is 4.79 Å². The van der Waals surface area contributed by atoms with E-state index in [9.17, 15) is 4.79 Å². The number of anilines is 1. The molecule has 4 rings (SSSR count). The van der Waals surface area contributed by atoms with Gasteiger partial charge < -0.3 is 19.9 Å². The van der Waals surface area contributed by atoms with E-state index in [0.29, 0.717) is 30.5 Å². The molecular weight excluding hydrogens is 374 g/mol. The summed E-state index contributed by atoms with van der Waals surface area (Å²) in [6.45, 7) is 2.96. The summed E-state index contributed by atoms with van der Waals surface area (Å²) in [5.41, 5.74) is 1.78. The van der Waals surface area contributed by atoms with Gasteiger partial charge in [0, 0.05) is 32.0 Å². The van der Waals surface area contributed by atoms with Crippen molar-refractivity contribution in [2.45, 2.75) is 19.4 Å². The maximum absolute atomic E-state index is 12.1. The van der Waals surface area contributed by atoms with E-state index in [1.807, 2.05) is 30.3 Å². The number of amides is 1. The lowest BCUT2D eigenvalue weighted by atomic mass is 9.96. The average Bonchev–Trinajstić information content (AvgIpc) is 3.44. The zero-order valence-electron chi connectivity index (χ0n) is 15.5. The number of piperidine rings is 1. The molecule has 0 radical (unpaired) electrons. The van der Waals surface area contributed by atoms with Gasteiger partial charge in [-0.25, -0.2) is 0 Å². The molecule has 2 N–H and O–H groups in total. The van der Waals surface area contributed by atoms with Crippen molar-refractivity contribution in [3.05, 3.63) is 59.9 Å². The SMILES string of the molecule is O=C(NCC1CCN(c2nsnc2OCc2ccccc2)CC1)c1cc[nH]c1. The Bertz CT molecular complexity index is 873. The number of hydrogen-bond acceptors (Lipinski definition) is 6. The number of aromatic nitrogens is 3. The third-order valence-electron chi connectivity index (χ3n) is 4.99. The van der Waals surface area contributed by atoms with E-state index in [4.69, 9.17) is 4.74 Å². The molecule has 3 aromatic rings. The van der Waals surface area contributed by atoms with Crippen molar-refractivity contribution < 1.29 is 9.53 Å². The number of ether oxygens (including phenoxy) is 1. The number of benzene rings is 1. The fourth-order valence-corrected chi connectivity index (χ4v) is 3.86. The smallest absolute Gasteiger partial charge is 0.271 e. The van der Waals surface area contributed by atoms with Crippen LogP contribution in [0.25, 0.3) is 0 Å². The van der Waals surface area contributed by atoms with Crippen LogP contribution in [-0.2, 0) is 6.61 Å². The highest BCUT2D eigenvalue weighted by Gasteiger charge is 2.24. The molecule has 2 aromatic heterocycles. The van der Waals surface area contributed by atoms with Gasteiger partial charge in [-0.15, -0.1) is 4.37 Å². The van der Waals surface area contributed by atoms with Crippen LogP contribution in [0.2, 0.25) is 0 Å². The van der Waals surface area contributed by atoms with Crippen LogP contribution in [0.5, 0.6) is 5.88 Å². The Kier molecular flexibility index (Phi) is 5.86. The van der Waals surface area contributed by atoms with E-state index in [1.54, 1.807) is 18.5 Å². The Morgan fingerprint density at radius 3 is 2.79 bits per heavy atom. The summed E-state index contributed by atoms with van der Waals surface area (Å²) in [6.07, 6.45) is 5.48. The van der Waals surface area contributed by atoms with Crippen LogP contribution < -0.4 is 15.0 Å². The van der Waals surface area contributed by atoms with Crippen molar-refractivity contribution in [2.24, 2.45) is 5.92 Å². The highest BCUT2D eigenvalue weighted by molar-refractivity contribution is 6.99. The zero-order chi connectivity index (χ0) is 19.2.